The number of allylic oxidation sites excluding steroid dienone is 3. The summed E-state index contributed by atoms with van der Waals surface area (Å²) in [4.78, 5) is 16.8. The summed E-state index contributed by atoms with van der Waals surface area (Å²) in [5.74, 6) is 1.42. The fraction of sp³-hybridized carbons (Fsp3) is 0.741. The highest BCUT2D eigenvalue weighted by Gasteiger charge is 2.28. The van der Waals surface area contributed by atoms with E-state index in [0.29, 0.717) is 12.5 Å². The molecule has 1 aliphatic carbocycles. The highest BCUT2D eigenvalue weighted by Crippen LogP contribution is 2.32. The Bertz CT molecular complexity index is 676. The summed E-state index contributed by atoms with van der Waals surface area (Å²) in [7, 11) is 1.75. The monoisotopic (exact) mass is 464 g/mol. The number of nitrogens with zero attached hydrogens (tertiary/aromatic N) is 2. The zero-order chi connectivity index (χ0) is 24.9. The maximum absolute atomic E-state index is 12.5. The summed E-state index contributed by atoms with van der Waals surface area (Å²) in [6, 6.07) is 0. The second-order valence-corrected chi connectivity index (χ2v) is 8.95. The van der Waals surface area contributed by atoms with Crippen molar-refractivity contribution in [2.24, 2.45) is 5.92 Å². The smallest absolute Gasteiger partial charge is 0.410 e. The van der Waals surface area contributed by atoms with Crippen LogP contribution in [0.15, 0.2) is 35.3 Å². The first-order valence-corrected chi connectivity index (χ1v) is 12.8. The lowest BCUT2D eigenvalue weighted by Gasteiger charge is -2.33. The Hall–Kier alpha value is -1.95. The second kappa shape index (κ2) is 15.0. The van der Waals surface area contributed by atoms with Gasteiger partial charge in [0.1, 0.15) is 18.0 Å². The van der Waals surface area contributed by atoms with Gasteiger partial charge in [-0.05, 0) is 52.0 Å². The summed E-state index contributed by atoms with van der Waals surface area (Å²) < 4.78 is 16.8. The first-order chi connectivity index (χ1) is 15.9. The molecule has 33 heavy (non-hydrogen) atoms. The summed E-state index contributed by atoms with van der Waals surface area (Å²) in [5.41, 5.74) is 2.14. The maximum atomic E-state index is 12.5. The molecule has 0 saturated carbocycles. The van der Waals surface area contributed by atoms with E-state index in [1.54, 1.807) is 7.11 Å². The minimum atomic E-state index is -0.461. The van der Waals surface area contributed by atoms with Crippen LogP contribution in [0.5, 0.6) is 0 Å². The van der Waals surface area contributed by atoms with Crippen molar-refractivity contribution >= 4 is 6.09 Å². The third kappa shape index (κ3) is 9.44. The van der Waals surface area contributed by atoms with E-state index in [1.165, 1.54) is 11.3 Å². The van der Waals surface area contributed by atoms with Crippen LogP contribution in [0.25, 0.3) is 0 Å². The summed E-state index contributed by atoms with van der Waals surface area (Å²) >= 11 is 0. The summed E-state index contributed by atoms with van der Waals surface area (Å²) in [6.07, 6.45) is 10.3. The molecule has 0 bridgehead atoms. The van der Waals surface area contributed by atoms with Gasteiger partial charge in [0, 0.05) is 39.8 Å². The normalized spacial score (nSPS) is 20.2. The molecule has 0 aromatic carbocycles. The molecule has 1 fully saturated rings. The van der Waals surface area contributed by atoms with Gasteiger partial charge in [0.2, 0.25) is 0 Å². The van der Waals surface area contributed by atoms with Crippen LogP contribution in [0.1, 0.15) is 74.1 Å². The summed E-state index contributed by atoms with van der Waals surface area (Å²) in [5, 5.41) is 0. The van der Waals surface area contributed by atoms with Gasteiger partial charge in [0.25, 0.3) is 0 Å². The van der Waals surface area contributed by atoms with Gasteiger partial charge in [-0.2, -0.15) is 0 Å². The van der Waals surface area contributed by atoms with Crippen molar-refractivity contribution in [3.8, 4) is 0 Å². The molecule has 0 spiro atoms. The first-order valence-electron chi connectivity index (χ1n) is 12.8. The number of fused-ring (bicyclic) bond motifs is 1. The molecule has 0 radical (unpaired) electrons. The van der Waals surface area contributed by atoms with E-state index in [-0.39, 0.29) is 6.09 Å². The molecule has 0 aromatic heterocycles. The summed E-state index contributed by atoms with van der Waals surface area (Å²) in [6.45, 7) is 18.6. The minimum absolute atomic E-state index is 0.207. The molecule has 2 aliphatic heterocycles. The van der Waals surface area contributed by atoms with E-state index in [2.05, 4.69) is 23.1 Å². The Kier molecular flexibility index (Phi) is 13.3. The van der Waals surface area contributed by atoms with Crippen molar-refractivity contribution in [3.05, 3.63) is 35.3 Å². The molecule has 190 valence electrons. The zero-order valence-corrected chi connectivity index (χ0v) is 22.4. The number of methoxy groups -OCH3 is 1. The van der Waals surface area contributed by atoms with Gasteiger partial charge in [-0.3, -0.25) is 0 Å². The molecule has 0 N–H and O–H groups in total. The predicted octanol–water partition coefficient (Wildman–Crippen LogP) is 6.15. The topological polar surface area (TPSA) is 51.2 Å². The van der Waals surface area contributed by atoms with E-state index < -0.39 is 5.60 Å². The van der Waals surface area contributed by atoms with Crippen molar-refractivity contribution in [2.75, 3.05) is 46.5 Å². The number of amides is 1. The van der Waals surface area contributed by atoms with Crippen molar-refractivity contribution in [1.82, 2.24) is 9.80 Å². The second-order valence-electron chi connectivity index (χ2n) is 8.95. The van der Waals surface area contributed by atoms with Gasteiger partial charge in [-0.1, -0.05) is 45.4 Å². The fourth-order valence-corrected chi connectivity index (χ4v) is 4.10. The Balaban J connectivity index is 0.00000129. The largest absolute Gasteiger partial charge is 0.494 e. The van der Waals surface area contributed by atoms with E-state index >= 15 is 0 Å². The van der Waals surface area contributed by atoms with Crippen LogP contribution in [-0.4, -0.2) is 68.0 Å². The highest BCUT2D eigenvalue weighted by molar-refractivity contribution is 5.68. The van der Waals surface area contributed by atoms with E-state index in [4.69, 9.17) is 14.2 Å². The molecule has 3 aliphatic rings. The maximum Gasteiger partial charge on any atom is 0.410 e. The minimum Gasteiger partial charge on any atom is -0.494 e. The molecule has 2 heterocycles. The SMILES string of the molecule is CC.CC.COCCCN1CCOC2=C1C=CC1CCN(C(=O)OC(C)(C)C)CCC1=CC2. The van der Waals surface area contributed by atoms with Gasteiger partial charge in [-0.25, -0.2) is 4.79 Å². The van der Waals surface area contributed by atoms with E-state index in [1.807, 2.05) is 53.4 Å². The van der Waals surface area contributed by atoms with Crippen LogP contribution < -0.4 is 0 Å². The van der Waals surface area contributed by atoms with Crippen LogP contribution in [0.4, 0.5) is 4.79 Å². The van der Waals surface area contributed by atoms with Crippen LogP contribution >= 0.6 is 0 Å². The lowest BCUT2D eigenvalue weighted by Crippen LogP contribution is -2.37. The van der Waals surface area contributed by atoms with Crippen molar-refractivity contribution in [3.63, 3.8) is 0 Å². The van der Waals surface area contributed by atoms with Crippen LogP contribution in [0.2, 0.25) is 0 Å². The molecule has 6 nitrogen and oxygen atoms in total. The zero-order valence-electron chi connectivity index (χ0n) is 22.4. The van der Waals surface area contributed by atoms with Crippen molar-refractivity contribution < 1.29 is 19.0 Å². The third-order valence-corrected chi connectivity index (χ3v) is 5.58. The Labute approximate surface area is 202 Å². The molecular weight excluding hydrogens is 416 g/mol. The third-order valence-electron chi connectivity index (χ3n) is 5.58. The van der Waals surface area contributed by atoms with Crippen LogP contribution in [-0.2, 0) is 14.2 Å². The molecule has 1 unspecified atom stereocenters. The molecule has 1 saturated heterocycles. The standard InChI is InChI=1S/C23H36N2O4.2C2H6/c1-23(2,3)29-22(26)25-13-10-18-6-8-20-21(9-7-19(18)11-14-25)28-17-15-24(20)12-5-16-27-4;2*1-2/h6-8,18H,5,9-17H2,1-4H3;2*1-2H3. The molecule has 1 amide bonds. The average Bonchev–Trinajstić information content (AvgIpc) is 2.99. The Morgan fingerprint density at radius 3 is 2.55 bits per heavy atom. The van der Waals surface area contributed by atoms with Gasteiger partial charge in [0.15, 0.2) is 0 Å². The molecule has 1 atom stereocenters. The van der Waals surface area contributed by atoms with Gasteiger partial charge < -0.3 is 24.0 Å². The number of hydrogen-bond acceptors (Lipinski definition) is 5. The number of carbonyl (C=O) groups is 1. The lowest BCUT2D eigenvalue weighted by atomic mass is 9.90. The number of likely N-dealkylation sites (tertiary alicyclic amines) is 1. The molecule has 3 rings (SSSR count). The van der Waals surface area contributed by atoms with Crippen molar-refractivity contribution in [2.45, 2.75) is 79.8 Å². The number of ether oxygens (including phenoxy) is 3. The quantitative estimate of drug-likeness (QED) is 0.369. The molecule has 0 aromatic rings. The molecule has 6 heteroatoms. The van der Waals surface area contributed by atoms with Crippen LogP contribution in [0.3, 0.4) is 0 Å². The number of hydrogen-bond donors (Lipinski definition) is 0. The van der Waals surface area contributed by atoms with Crippen molar-refractivity contribution in [1.29, 1.82) is 0 Å². The Morgan fingerprint density at radius 2 is 1.88 bits per heavy atom. The predicted molar refractivity (Wildman–Crippen MR) is 136 cm³/mol. The van der Waals surface area contributed by atoms with Gasteiger partial charge in [-0.15, -0.1) is 0 Å². The number of carbonyl (C=O) groups excluding carboxylic acids is 1. The van der Waals surface area contributed by atoms with E-state index in [9.17, 15) is 4.79 Å². The first kappa shape index (κ1) is 29.1. The number of rotatable bonds is 4. The van der Waals surface area contributed by atoms with E-state index in [0.717, 1.165) is 64.3 Å². The highest BCUT2D eigenvalue weighted by atomic mass is 16.6. The van der Waals surface area contributed by atoms with Crippen LogP contribution in [0, 0.1) is 5.92 Å². The fourth-order valence-electron chi connectivity index (χ4n) is 4.10. The van der Waals surface area contributed by atoms with Gasteiger partial charge in [0.05, 0.1) is 12.2 Å². The molecular formula is C27H48N2O4. The lowest BCUT2D eigenvalue weighted by molar-refractivity contribution is 0.0257. The average molecular weight is 465 g/mol. The Morgan fingerprint density at radius 1 is 1.15 bits per heavy atom. The van der Waals surface area contributed by atoms with Gasteiger partial charge >= 0.3 is 6.09 Å².